The van der Waals surface area contributed by atoms with Gasteiger partial charge in [-0.05, 0) is 40.1 Å². The Balaban J connectivity index is 0.000000359. The summed E-state index contributed by atoms with van der Waals surface area (Å²) in [5, 5.41) is 7.64. The van der Waals surface area contributed by atoms with Gasteiger partial charge in [0.05, 0.1) is 29.0 Å². The number of nitrogens with zero attached hydrogens (tertiary/aromatic N) is 5. The molecule has 0 saturated heterocycles. The molecule has 280 valence electrons. The van der Waals surface area contributed by atoms with Crippen molar-refractivity contribution < 1.29 is 23.9 Å². The summed E-state index contributed by atoms with van der Waals surface area (Å²) < 4.78 is 7.46. The number of nitrogen functional groups attached to an aromatic ring is 1. The molecule has 4 rings (SSSR count). The number of nitrogens with one attached hydrogen (secondary N) is 1. The Bertz CT molecular complexity index is 1870. The number of pyridine rings is 1. The Hall–Kier alpha value is -5.08. The second-order valence-corrected chi connectivity index (χ2v) is 20.3. The highest BCUT2D eigenvalue weighted by Gasteiger charge is 2.23. The Morgan fingerprint density at radius 2 is 1.37 bits per heavy atom. The Morgan fingerprint density at radius 3 is 1.87 bits per heavy atom. The molecule has 0 atom stereocenters. The van der Waals surface area contributed by atoms with Crippen molar-refractivity contribution in [1.29, 1.82) is 0 Å². The van der Waals surface area contributed by atoms with Crippen LogP contribution in [0.2, 0.25) is 25.7 Å². The average Bonchev–Trinajstić information content (AvgIpc) is 3.52. The van der Waals surface area contributed by atoms with E-state index in [9.17, 15) is 19.2 Å². The van der Waals surface area contributed by atoms with Crippen molar-refractivity contribution in [3.63, 3.8) is 0 Å². The van der Waals surface area contributed by atoms with Crippen LogP contribution >= 0.6 is 0 Å². The summed E-state index contributed by atoms with van der Waals surface area (Å²) >= 11 is 0. The molecule has 2 aromatic heterocycles. The van der Waals surface area contributed by atoms with E-state index in [-0.39, 0.29) is 6.73 Å². The highest BCUT2D eigenvalue weighted by Crippen LogP contribution is 2.27. The van der Waals surface area contributed by atoms with Crippen molar-refractivity contribution in [3.8, 4) is 0 Å². The van der Waals surface area contributed by atoms with Crippen molar-refractivity contribution in [2.75, 3.05) is 31.8 Å². The third-order valence-electron chi connectivity index (χ3n) is 8.43. The quantitative estimate of drug-likeness (QED) is 0.0999. The van der Waals surface area contributed by atoms with E-state index in [0.29, 0.717) is 53.9 Å². The van der Waals surface area contributed by atoms with Crippen LogP contribution < -0.4 is 16.8 Å². The molecule has 0 aliphatic carbocycles. The van der Waals surface area contributed by atoms with E-state index >= 15 is 0 Å². The summed E-state index contributed by atoms with van der Waals surface area (Å²) in [5.41, 5.74) is 16.3. The van der Waals surface area contributed by atoms with Crippen molar-refractivity contribution in [2.45, 2.75) is 85.0 Å². The molecule has 5 N–H and O–H groups in total. The van der Waals surface area contributed by atoms with E-state index in [0.717, 1.165) is 22.7 Å². The Kier molecular flexibility index (Phi) is 14.6. The van der Waals surface area contributed by atoms with Gasteiger partial charge in [-0.25, -0.2) is 9.67 Å². The molecule has 4 aromatic rings. The molecule has 52 heavy (non-hydrogen) atoms. The molecule has 0 fully saturated rings. The first-order valence-electron chi connectivity index (χ1n) is 17.4. The van der Waals surface area contributed by atoms with Crippen LogP contribution in [0.25, 0.3) is 10.9 Å². The SMILES string of the molecule is CC(C)c1ccccc1CN(C)C(=O)C(=O)Nc1cnc(N)c2cnn(COCC[Si](C)(C)C)c12.CC(C)c1ccccc1CN(C)C(=O)C(N)=O. The number of hydrogen-bond donors (Lipinski definition) is 3. The summed E-state index contributed by atoms with van der Waals surface area (Å²) in [7, 11) is 1.97. The third-order valence-corrected chi connectivity index (χ3v) is 10.1. The highest BCUT2D eigenvalue weighted by molar-refractivity contribution is 6.76. The molecule has 14 heteroatoms. The lowest BCUT2D eigenvalue weighted by Crippen LogP contribution is -2.37. The number of likely N-dealkylation sites (N-methyl/N-ethyl adjacent to an activating group) is 2. The van der Waals surface area contributed by atoms with Gasteiger partial charge in [0.15, 0.2) is 0 Å². The minimum absolute atomic E-state index is 0.208. The zero-order valence-electron chi connectivity index (χ0n) is 31.9. The lowest BCUT2D eigenvalue weighted by atomic mass is 9.97. The molecule has 0 aliphatic heterocycles. The number of carbonyl (C=O) groups excluding carboxylic acids is 4. The van der Waals surface area contributed by atoms with E-state index in [1.165, 1.54) is 21.6 Å². The minimum Gasteiger partial charge on any atom is -0.383 e. The van der Waals surface area contributed by atoms with Gasteiger partial charge in [-0.1, -0.05) is 95.9 Å². The summed E-state index contributed by atoms with van der Waals surface area (Å²) in [4.78, 5) is 54.8. The predicted molar refractivity (Wildman–Crippen MR) is 208 cm³/mol. The van der Waals surface area contributed by atoms with Crippen molar-refractivity contribution in [2.24, 2.45) is 5.73 Å². The number of amides is 4. The zero-order chi connectivity index (χ0) is 38.7. The van der Waals surface area contributed by atoms with E-state index in [2.05, 4.69) is 62.7 Å². The Labute approximate surface area is 307 Å². The topological polar surface area (TPSA) is 179 Å². The molecular weight excluding hydrogens is 677 g/mol. The molecule has 0 aliphatic rings. The van der Waals surface area contributed by atoms with Gasteiger partial charge in [-0.15, -0.1) is 0 Å². The fraction of sp³-hybridized carbons (Fsp3) is 0.421. The first-order valence-corrected chi connectivity index (χ1v) is 21.1. The van der Waals surface area contributed by atoms with Gasteiger partial charge in [-0.3, -0.25) is 19.2 Å². The molecule has 2 aromatic carbocycles. The fourth-order valence-corrected chi connectivity index (χ4v) is 6.27. The van der Waals surface area contributed by atoms with Crippen molar-refractivity contribution >= 4 is 54.1 Å². The van der Waals surface area contributed by atoms with Gasteiger partial charge >= 0.3 is 23.6 Å². The van der Waals surface area contributed by atoms with Crippen LogP contribution in [0.5, 0.6) is 0 Å². The number of carbonyl (C=O) groups is 4. The zero-order valence-corrected chi connectivity index (χ0v) is 32.9. The highest BCUT2D eigenvalue weighted by atomic mass is 28.3. The lowest BCUT2D eigenvalue weighted by Gasteiger charge is -2.20. The molecule has 13 nitrogen and oxygen atoms in total. The molecule has 0 radical (unpaired) electrons. The molecule has 0 spiro atoms. The fourth-order valence-electron chi connectivity index (χ4n) is 5.52. The monoisotopic (exact) mass is 730 g/mol. The largest absolute Gasteiger partial charge is 0.383 e. The normalized spacial score (nSPS) is 11.3. The number of nitrogens with two attached hydrogens (primary N) is 2. The number of ether oxygens (including phenoxy) is 1. The minimum atomic E-state index is -1.22. The van der Waals surface area contributed by atoms with Gasteiger partial charge < -0.3 is 31.3 Å². The average molecular weight is 731 g/mol. The van der Waals surface area contributed by atoms with Gasteiger partial charge in [0.25, 0.3) is 0 Å². The van der Waals surface area contributed by atoms with Crippen molar-refractivity contribution in [3.05, 3.63) is 83.2 Å². The maximum Gasteiger partial charge on any atom is 0.314 e. The maximum absolute atomic E-state index is 12.9. The van der Waals surface area contributed by atoms with Crippen LogP contribution in [-0.4, -0.2) is 77.0 Å². The van der Waals surface area contributed by atoms with Crippen LogP contribution in [0.4, 0.5) is 11.5 Å². The van der Waals surface area contributed by atoms with Crippen LogP contribution in [0.15, 0.2) is 60.9 Å². The molecule has 4 amide bonds. The third kappa shape index (κ3) is 11.5. The van der Waals surface area contributed by atoms with E-state index in [1.54, 1.807) is 25.0 Å². The molecule has 2 heterocycles. The smallest absolute Gasteiger partial charge is 0.314 e. The number of fused-ring (bicyclic) bond motifs is 1. The number of anilines is 2. The number of aromatic nitrogens is 3. The number of benzene rings is 2. The van der Waals surface area contributed by atoms with Crippen molar-refractivity contribution in [1.82, 2.24) is 24.6 Å². The van der Waals surface area contributed by atoms with Gasteiger partial charge in [0.1, 0.15) is 12.5 Å². The molecule has 0 unspecified atom stereocenters. The second kappa shape index (κ2) is 18.4. The maximum atomic E-state index is 12.9. The first-order chi connectivity index (χ1) is 24.4. The molecule has 0 saturated carbocycles. The van der Waals surface area contributed by atoms with E-state index < -0.39 is 31.7 Å². The summed E-state index contributed by atoms with van der Waals surface area (Å²) in [6.07, 6.45) is 3.03. The van der Waals surface area contributed by atoms with E-state index in [4.69, 9.17) is 16.2 Å². The first kappa shape index (κ1) is 41.3. The molecule has 0 bridgehead atoms. The lowest BCUT2D eigenvalue weighted by molar-refractivity contribution is -0.143. The summed E-state index contributed by atoms with van der Waals surface area (Å²) in [6.45, 7) is 16.8. The van der Waals surface area contributed by atoms with Gasteiger partial charge in [-0.2, -0.15) is 5.10 Å². The predicted octanol–water partition coefficient (Wildman–Crippen LogP) is 5.30. The van der Waals surface area contributed by atoms with Gasteiger partial charge in [0.2, 0.25) is 0 Å². The van der Waals surface area contributed by atoms with E-state index in [1.807, 2.05) is 48.5 Å². The molecular formula is C38H54N8O5Si. The number of hydrogen-bond acceptors (Lipinski definition) is 8. The van der Waals surface area contributed by atoms with Crippen LogP contribution in [0, 0.1) is 0 Å². The van der Waals surface area contributed by atoms with Crippen LogP contribution in [0.1, 0.15) is 61.8 Å². The van der Waals surface area contributed by atoms with Gasteiger partial charge in [0, 0.05) is 41.9 Å². The summed E-state index contributed by atoms with van der Waals surface area (Å²) in [5.74, 6) is -2.01. The number of primary amides is 1. The summed E-state index contributed by atoms with van der Waals surface area (Å²) in [6, 6.07) is 16.8. The number of rotatable bonds is 12. The van der Waals surface area contributed by atoms with Crippen LogP contribution in [-0.2, 0) is 43.7 Å². The standard InChI is InChI=1S/C25H36N6O3Si.C13H18N2O2/c1-17(2)19-10-8-7-9-18(19)15-30(3)25(33)24(32)29-21-14-27-23(26)20-13-28-31(22(20)21)16-34-11-12-35(4,5)6;1-9(2)11-7-5-4-6-10(11)8-15(3)13(17)12(14)16/h7-10,13-14,17H,11-12,15-16H2,1-6H3,(H2,26,27)(H,29,32);4-7,9H,8H2,1-3H3,(H2,14,16). The second-order valence-electron chi connectivity index (χ2n) is 14.7. The van der Waals surface area contributed by atoms with Crippen LogP contribution in [0.3, 0.4) is 0 Å². The Morgan fingerprint density at radius 1 is 0.846 bits per heavy atom.